The van der Waals surface area contributed by atoms with E-state index in [1.807, 2.05) is 44.2 Å². The summed E-state index contributed by atoms with van der Waals surface area (Å²) in [5.74, 6) is -3.56. The van der Waals surface area contributed by atoms with E-state index in [9.17, 15) is 19.2 Å². The zero-order valence-electron chi connectivity index (χ0n) is 21.7. The summed E-state index contributed by atoms with van der Waals surface area (Å²) in [5, 5.41) is 5.55. The van der Waals surface area contributed by atoms with E-state index in [0.717, 1.165) is 12.7 Å². The lowest BCUT2D eigenvalue weighted by Crippen LogP contribution is -2.62. The van der Waals surface area contributed by atoms with Gasteiger partial charge in [-0.1, -0.05) is 44.2 Å². The van der Waals surface area contributed by atoms with Gasteiger partial charge in [0.2, 0.25) is 5.91 Å². The number of aromatic nitrogens is 2. The second kappa shape index (κ2) is 13.6. The van der Waals surface area contributed by atoms with Crippen LogP contribution >= 0.6 is 0 Å². The number of carbonyl (C=O) groups excluding carboxylic acids is 4. The molecule has 2 aromatic rings. The standard InChI is InChI=1S/C25H31BN4O8/c1-15(2)12-19(26-37-21(24(33)36-4)20(35-3)25(34)38-26)30-22(31)17(13-16-8-6-5-7-9-16)29-23(32)18-14-27-10-11-28-18/h5-11,14-15,17,19-21H,12-13H2,1-4H3,(H,29,32)(H,30,31)/t17-,19-,20-,21+/m0/s1. The van der Waals surface area contributed by atoms with Gasteiger partial charge in [-0.2, -0.15) is 0 Å². The number of rotatable bonds is 11. The van der Waals surface area contributed by atoms with Crippen molar-refractivity contribution in [1.29, 1.82) is 0 Å². The summed E-state index contributed by atoms with van der Waals surface area (Å²) < 4.78 is 21.0. The molecule has 1 aliphatic heterocycles. The van der Waals surface area contributed by atoms with Crippen LogP contribution in [0.4, 0.5) is 0 Å². The lowest BCUT2D eigenvalue weighted by molar-refractivity contribution is -0.176. The molecule has 2 amide bonds. The molecule has 202 valence electrons. The van der Waals surface area contributed by atoms with Crippen LogP contribution in [0, 0.1) is 5.92 Å². The van der Waals surface area contributed by atoms with Crippen LogP contribution in [0.2, 0.25) is 0 Å². The van der Waals surface area contributed by atoms with Crippen molar-refractivity contribution in [3.8, 4) is 0 Å². The van der Waals surface area contributed by atoms with Crippen LogP contribution in [-0.4, -0.2) is 79.2 Å². The number of carbonyl (C=O) groups is 4. The molecule has 1 aromatic carbocycles. The number of methoxy groups -OCH3 is 2. The molecule has 1 aromatic heterocycles. The predicted molar refractivity (Wildman–Crippen MR) is 134 cm³/mol. The maximum Gasteiger partial charge on any atom is 0.552 e. The molecule has 12 nitrogen and oxygen atoms in total. The molecular weight excluding hydrogens is 495 g/mol. The molecule has 0 aliphatic carbocycles. The highest BCUT2D eigenvalue weighted by Crippen LogP contribution is 2.21. The fourth-order valence-electron chi connectivity index (χ4n) is 3.98. The Bertz CT molecular complexity index is 1110. The Balaban J connectivity index is 1.83. The summed E-state index contributed by atoms with van der Waals surface area (Å²) in [5.41, 5.74) is 0.856. The fourth-order valence-corrected chi connectivity index (χ4v) is 3.98. The number of amides is 2. The minimum atomic E-state index is -1.38. The van der Waals surface area contributed by atoms with Gasteiger partial charge in [0.05, 0.1) is 19.2 Å². The first kappa shape index (κ1) is 28.7. The number of benzene rings is 1. The Morgan fingerprint density at radius 3 is 2.45 bits per heavy atom. The van der Waals surface area contributed by atoms with Gasteiger partial charge in [-0.3, -0.25) is 19.4 Å². The zero-order valence-corrected chi connectivity index (χ0v) is 21.7. The van der Waals surface area contributed by atoms with Crippen molar-refractivity contribution in [3.05, 3.63) is 60.2 Å². The van der Waals surface area contributed by atoms with Crippen molar-refractivity contribution in [2.75, 3.05) is 14.2 Å². The van der Waals surface area contributed by atoms with E-state index in [-0.39, 0.29) is 18.0 Å². The van der Waals surface area contributed by atoms with Crippen LogP contribution in [0.1, 0.15) is 36.3 Å². The molecule has 4 atom stereocenters. The number of hydrogen-bond donors (Lipinski definition) is 2. The first-order chi connectivity index (χ1) is 18.2. The summed E-state index contributed by atoms with van der Waals surface area (Å²) in [7, 11) is 1.11. The van der Waals surface area contributed by atoms with Crippen LogP contribution in [0.25, 0.3) is 0 Å². The molecule has 38 heavy (non-hydrogen) atoms. The summed E-state index contributed by atoms with van der Waals surface area (Å²) >= 11 is 0. The number of ether oxygens (including phenoxy) is 2. The van der Waals surface area contributed by atoms with Crippen molar-refractivity contribution in [2.24, 2.45) is 5.92 Å². The van der Waals surface area contributed by atoms with Gasteiger partial charge in [0.1, 0.15) is 11.7 Å². The van der Waals surface area contributed by atoms with Crippen molar-refractivity contribution in [2.45, 2.75) is 50.9 Å². The summed E-state index contributed by atoms with van der Waals surface area (Å²) in [6, 6.07) is 8.14. The van der Waals surface area contributed by atoms with Crippen LogP contribution in [-0.2, 0) is 39.6 Å². The largest absolute Gasteiger partial charge is 0.552 e. The van der Waals surface area contributed by atoms with Gasteiger partial charge < -0.3 is 29.4 Å². The maximum atomic E-state index is 13.5. The van der Waals surface area contributed by atoms with Crippen molar-refractivity contribution in [3.63, 3.8) is 0 Å². The Labute approximate surface area is 220 Å². The van der Waals surface area contributed by atoms with E-state index in [4.69, 9.17) is 18.8 Å². The first-order valence-electron chi connectivity index (χ1n) is 12.1. The molecule has 1 fully saturated rings. The maximum absolute atomic E-state index is 13.5. The van der Waals surface area contributed by atoms with Gasteiger partial charge in [0.15, 0.2) is 12.2 Å². The second-order valence-corrected chi connectivity index (χ2v) is 9.09. The lowest BCUT2D eigenvalue weighted by Gasteiger charge is -2.35. The normalized spacial score (nSPS) is 18.8. The van der Waals surface area contributed by atoms with Crippen molar-refractivity contribution >= 4 is 30.9 Å². The zero-order chi connectivity index (χ0) is 27.7. The number of esters is 1. The molecule has 1 aliphatic rings. The highest BCUT2D eigenvalue weighted by Gasteiger charge is 2.50. The second-order valence-electron chi connectivity index (χ2n) is 9.09. The number of nitrogens with one attached hydrogen (secondary N) is 2. The fraction of sp³-hybridized carbons (Fsp3) is 0.440. The van der Waals surface area contributed by atoms with E-state index in [0.29, 0.717) is 6.42 Å². The molecule has 2 N–H and O–H groups in total. The van der Waals surface area contributed by atoms with Gasteiger partial charge in [-0.15, -0.1) is 0 Å². The molecule has 0 unspecified atom stereocenters. The molecule has 3 rings (SSSR count). The SMILES string of the molecule is COC(=O)[C@@H]1OB([C@H](CC(C)C)NC(=O)[C@H](Cc2ccccc2)NC(=O)c2cnccn2)OC(=O)[C@H]1OC. The topological polar surface area (TPSA) is 155 Å². The highest BCUT2D eigenvalue weighted by molar-refractivity contribution is 6.50. The van der Waals surface area contributed by atoms with Crippen LogP contribution < -0.4 is 10.6 Å². The Morgan fingerprint density at radius 2 is 1.84 bits per heavy atom. The summed E-state index contributed by atoms with van der Waals surface area (Å²) in [6.45, 7) is 3.83. The molecular formula is C25H31BN4O8. The van der Waals surface area contributed by atoms with E-state index >= 15 is 0 Å². The first-order valence-corrected chi connectivity index (χ1v) is 12.1. The molecule has 0 radical (unpaired) electrons. The van der Waals surface area contributed by atoms with Gasteiger partial charge in [0, 0.05) is 25.9 Å². The van der Waals surface area contributed by atoms with E-state index in [1.54, 1.807) is 0 Å². The quantitative estimate of drug-likeness (QED) is 0.313. The average Bonchev–Trinajstić information content (AvgIpc) is 2.92. The van der Waals surface area contributed by atoms with E-state index < -0.39 is 55.1 Å². The summed E-state index contributed by atoms with van der Waals surface area (Å²) in [4.78, 5) is 59.1. The molecule has 0 saturated carbocycles. The third kappa shape index (κ3) is 7.59. The molecule has 2 heterocycles. The molecule has 13 heteroatoms. The third-order valence-corrected chi connectivity index (χ3v) is 5.79. The van der Waals surface area contributed by atoms with E-state index in [1.165, 1.54) is 25.7 Å². The molecule has 0 spiro atoms. The van der Waals surface area contributed by atoms with Crippen molar-refractivity contribution < 1.29 is 38.0 Å². The minimum Gasteiger partial charge on any atom is -0.506 e. The van der Waals surface area contributed by atoms with Crippen LogP contribution in [0.15, 0.2) is 48.9 Å². The predicted octanol–water partition coefficient (Wildman–Crippen LogP) is 0.506. The Kier molecular flexibility index (Phi) is 10.3. The third-order valence-electron chi connectivity index (χ3n) is 5.79. The van der Waals surface area contributed by atoms with Crippen LogP contribution in [0.5, 0.6) is 0 Å². The highest BCUT2D eigenvalue weighted by atomic mass is 16.7. The lowest BCUT2D eigenvalue weighted by atomic mass is 9.72. The molecule has 1 saturated heterocycles. The Hall–Kier alpha value is -3.84. The van der Waals surface area contributed by atoms with E-state index in [2.05, 4.69) is 20.6 Å². The number of nitrogens with zero attached hydrogens (tertiary/aromatic N) is 2. The molecule has 0 bridgehead atoms. The van der Waals surface area contributed by atoms with Gasteiger partial charge in [-0.05, 0) is 17.9 Å². The monoisotopic (exact) mass is 526 g/mol. The van der Waals surface area contributed by atoms with Crippen LogP contribution in [0.3, 0.4) is 0 Å². The van der Waals surface area contributed by atoms with Gasteiger partial charge in [-0.25, -0.2) is 9.78 Å². The average molecular weight is 526 g/mol. The Morgan fingerprint density at radius 1 is 1.11 bits per heavy atom. The van der Waals surface area contributed by atoms with Gasteiger partial charge >= 0.3 is 19.1 Å². The smallest absolute Gasteiger partial charge is 0.506 e. The van der Waals surface area contributed by atoms with Crippen molar-refractivity contribution in [1.82, 2.24) is 20.6 Å². The minimum absolute atomic E-state index is 0.0427. The number of hydrogen-bond acceptors (Lipinski definition) is 10. The summed E-state index contributed by atoms with van der Waals surface area (Å²) in [6.07, 6.45) is 1.93. The van der Waals surface area contributed by atoms with Gasteiger partial charge in [0.25, 0.3) is 5.91 Å².